The van der Waals surface area contributed by atoms with E-state index in [4.69, 9.17) is 0 Å². The van der Waals surface area contributed by atoms with Gasteiger partial charge in [-0.05, 0) is 18.9 Å². The average molecular weight is 239 g/mol. The number of ether oxygens (including phenoxy) is 2. The third kappa shape index (κ3) is 4.50. The molecule has 1 aliphatic rings. The number of esters is 1. The standard InChI is InChI=1S/C11H13NO5/c1-8(16-7-13)17-11(15)10(14)12-9-5-3-2-4-6-9/h3,5-8H,2,4H2,1H3,(H,12,14). The number of rotatable bonds is 4. The van der Waals surface area contributed by atoms with Crippen molar-refractivity contribution in [3.63, 3.8) is 0 Å². The second kappa shape index (κ2) is 6.47. The highest BCUT2D eigenvalue weighted by Gasteiger charge is 2.19. The molecule has 1 rings (SSSR count). The molecular formula is C11H13NO5. The summed E-state index contributed by atoms with van der Waals surface area (Å²) < 4.78 is 8.86. The second-order valence-corrected chi connectivity index (χ2v) is 3.30. The minimum atomic E-state index is -1.10. The molecular weight excluding hydrogens is 226 g/mol. The van der Waals surface area contributed by atoms with Crippen LogP contribution in [0.2, 0.25) is 0 Å². The maximum absolute atomic E-state index is 11.3. The van der Waals surface area contributed by atoms with Crippen LogP contribution in [0.3, 0.4) is 0 Å². The van der Waals surface area contributed by atoms with Crippen molar-refractivity contribution in [3.05, 3.63) is 23.9 Å². The number of hydrogen-bond acceptors (Lipinski definition) is 5. The highest BCUT2D eigenvalue weighted by atomic mass is 16.7. The van der Waals surface area contributed by atoms with Crippen molar-refractivity contribution in [3.8, 4) is 0 Å². The highest BCUT2D eigenvalue weighted by Crippen LogP contribution is 2.06. The summed E-state index contributed by atoms with van der Waals surface area (Å²) in [6.07, 6.45) is 6.04. The summed E-state index contributed by atoms with van der Waals surface area (Å²) in [6, 6.07) is 0. The van der Waals surface area contributed by atoms with E-state index in [1.165, 1.54) is 6.92 Å². The Morgan fingerprint density at radius 1 is 1.47 bits per heavy atom. The first kappa shape index (κ1) is 13.0. The molecule has 0 aliphatic heterocycles. The molecule has 0 heterocycles. The van der Waals surface area contributed by atoms with Crippen molar-refractivity contribution in [1.29, 1.82) is 0 Å². The molecule has 0 radical (unpaired) electrons. The van der Waals surface area contributed by atoms with Crippen LogP contribution in [0.1, 0.15) is 19.8 Å². The maximum atomic E-state index is 11.3. The van der Waals surface area contributed by atoms with E-state index in [2.05, 4.69) is 14.8 Å². The molecule has 0 saturated carbocycles. The van der Waals surface area contributed by atoms with E-state index in [1.807, 2.05) is 6.08 Å². The highest BCUT2D eigenvalue weighted by molar-refractivity contribution is 6.33. The molecule has 6 nitrogen and oxygen atoms in total. The predicted octanol–water partition coefficient (Wildman–Crippen LogP) is 0.399. The van der Waals surface area contributed by atoms with E-state index in [0.717, 1.165) is 12.8 Å². The summed E-state index contributed by atoms with van der Waals surface area (Å²) in [4.78, 5) is 32.5. The zero-order chi connectivity index (χ0) is 12.7. The van der Waals surface area contributed by atoms with E-state index >= 15 is 0 Å². The van der Waals surface area contributed by atoms with Crippen molar-refractivity contribution in [2.24, 2.45) is 0 Å². The van der Waals surface area contributed by atoms with Crippen LogP contribution in [-0.4, -0.2) is 24.6 Å². The van der Waals surface area contributed by atoms with E-state index < -0.39 is 18.2 Å². The van der Waals surface area contributed by atoms with Crippen LogP contribution in [0.15, 0.2) is 23.9 Å². The molecule has 1 N–H and O–H groups in total. The van der Waals surface area contributed by atoms with Crippen LogP contribution in [0.5, 0.6) is 0 Å². The summed E-state index contributed by atoms with van der Waals surface area (Å²) in [6.45, 7) is 1.47. The molecule has 0 aromatic heterocycles. The van der Waals surface area contributed by atoms with Crippen LogP contribution in [-0.2, 0) is 23.9 Å². The Bertz CT molecular complexity index is 372. The molecule has 0 bridgehead atoms. The summed E-state index contributed by atoms with van der Waals surface area (Å²) in [7, 11) is 0. The average Bonchev–Trinajstić information content (AvgIpc) is 2.30. The number of amides is 1. The Kier molecular flexibility index (Phi) is 4.93. The number of allylic oxidation sites excluding steroid dienone is 3. The lowest BCUT2D eigenvalue weighted by Crippen LogP contribution is -2.34. The van der Waals surface area contributed by atoms with Gasteiger partial charge in [0.15, 0.2) is 0 Å². The van der Waals surface area contributed by atoms with Crippen LogP contribution >= 0.6 is 0 Å². The van der Waals surface area contributed by atoms with Crippen LogP contribution in [0.4, 0.5) is 0 Å². The SMILES string of the molecule is CC(OC=O)OC(=O)C(=O)NC1=CCCC=C1. The molecule has 0 saturated heterocycles. The topological polar surface area (TPSA) is 81.7 Å². The molecule has 92 valence electrons. The van der Waals surface area contributed by atoms with Crippen molar-refractivity contribution < 1.29 is 23.9 Å². The van der Waals surface area contributed by atoms with Gasteiger partial charge in [0.2, 0.25) is 6.29 Å². The lowest BCUT2D eigenvalue weighted by atomic mass is 10.1. The molecule has 0 aromatic rings. The quantitative estimate of drug-likeness (QED) is 0.332. The van der Waals surface area contributed by atoms with Gasteiger partial charge in [0, 0.05) is 12.6 Å². The Balaban J connectivity index is 2.41. The maximum Gasteiger partial charge on any atom is 0.400 e. The summed E-state index contributed by atoms with van der Waals surface area (Å²) >= 11 is 0. The van der Waals surface area contributed by atoms with Crippen molar-refractivity contribution in [2.45, 2.75) is 26.1 Å². The van der Waals surface area contributed by atoms with Gasteiger partial charge in [0.05, 0.1) is 0 Å². The molecule has 1 amide bonds. The number of carbonyl (C=O) groups is 3. The van der Waals surface area contributed by atoms with Gasteiger partial charge >= 0.3 is 11.9 Å². The molecule has 0 aromatic carbocycles. The Hall–Kier alpha value is -2.11. The van der Waals surface area contributed by atoms with E-state index in [9.17, 15) is 14.4 Å². The fraction of sp³-hybridized carbons (Fsp3) is 0.364. The first-order chi connectivity index (χ1) is 8.13. The number of nitrogens with one attached hydrogen (secondary N) is 1. The Morgan fingerprint density at radius 3 is 2.82 bits per heavy atom. The van der Waals surface area contributed by atoms with Crippen molar-refractivity contribution in [2.75, 3.05) is 0 Å². The lowest BCUT2D eigenvalue weighted by Gasteiger charge is -2.11. The smallest absolute Gasteiger partial charge is 0.400 e. The molecule has 1 atom stereocenters. The van der Waals surface area contributed by atoms with Crippen LogP contribution < -0.4 is 5.32 Å². The minimum absolute atomic E-state index is 0.141. The van der Waals surface area contributed by atoms with Crippen LogP contribution in [0.25, 0.3) is 0 Å². The Labute approximate surface area is 98.3 Å². The fourth-order valence-corrected chi connectivity index (χ4v) is 1.20. The third-order valence-corrected chi connectivity index (χ3v) is 1.96. The number of hydrogen-bond donors (Lipinski definition) is 1. The molecule has 0 fully saturated rings. The van der Waals surface area contributed by atoms with Gasteiger partial charge < -0.3 is 14.8 Å². The first-order valence-corrected chi connectivity index (χ1v) is 5.11. The van der Waals surface area contributed by atoms with Gasteiger partial charge in [-0.3, -0.25) is 9.59 Å². The molecule has 6 heteroatoms. The first-order valence-electron chi connectivity index (χ1n) is 5.11. The monoisotopic (exact) mass is 239 g/mol. The predicted molar refractivity (Wildman–Crippen MR) is 57.3 cm³/mol. The second-order valence-electron chi connectivity index (χ2n) is 3.30. The van der Waals surface area contributed by atoms with Gasteiger partial charge in [-0.15, -0.1) is 0 Å². The lowest BCUT2D eigenvalue weighted by molar-refractivity contribution is -0.179. The summed E-state index contributed by atoms with van der Waals surface area (Å²) in [5, 5.41) is 2.38. The Morgan fingerprint density at radius 2 is 2.24 bits per heavy atom. The summed E-state index contributed by atoms with van der Waals surface area (Å²) in [5.41, 5.74) is 0.558. The molecule has 1 aliphatic carbocycles. The summed E-state index contributed by atoms with van der Waals surface area (Å²) in [5.74, 6) is -2.00. The van der Waals surface area contributed by atoms with Crippen LogP contribution in [0, 0.1) is 0 Å². The van der Waals surface area contributed by atoms with Crippen molar-refractivity contribution in [1.82, 2.24) is 5.32 Å². The number of carbonyl (C=O) groups excluding carboxylic acids is 3. The fourth-order valence-electron chi connectivity index (χ4n) is 1.20. The van der Waals surface area contributed by atoms with E-state index in [-0.39, 0.29) is 6.47 Å². The largest absolute Gasteiger partial charge is 0.428 e. The van der Waals surface area contributed by atoms with Gasteiger partial charge in [0.25, 0.3) is 6.47 Å². The third-order valence-electron chi connectivity index (χ3n) is 1.96. The zero-order valence-electron chi connectivity index (χ0n) is 9.34. The normalized spacial score (nSPS) is 15.5. The minimum Gasteiger partial charge on any atom is -0.428 e. The van der Waals surface area contributed by atoms with Gasteiger partial charge in [-0.1, -0.05) is 12.2 Å². The van der Waals surface area contributed by atoms with Crippen molar-refractivity contribution >= 4 is 18.3 Å². The van der Waals surface area contributed by atoms with E-state index in [0.29, 0.717) is 5.70 Å². The van der Waals surface area contributed by atoms with Gasteiger partial charge in [0.1, 0.15) is 0 Å². The zero-order valence-corrected chi connectivity index (χ0v) is 9.34. The van der Waals surface area contributed by atoms with Gasteiger partial charge in [-0.2, -0.15) is 0 Å². The molecule has 1 unspecified atom stereocenters. The molecule has 0 spiro atoms. The van der Waals surface area contributed by atoms with Gasteiger partial charge in [-0.25, -0.2) is 4.79 Å². The molecule has 17 heavy (non-hydrogen) atoms. The van der Waals surface area contributed by atoms with E-state index in [1.54, 1.807) is 12.2 Å².